The third-order valence-corrected chi connectivity index (χ3v) is 6.18. The molecule has 36 heavy (non-hydrogen) atoms. The van der Waals surface area contributed by atoms with Gasteiger partial charge in [0.2, 0.25) is 11.8 Å². The normalized spacial score (nSPS) is 10.8. The average molecular weight is 527 g/mol. The number of nitro benzene ring substituents is 1. The van der Waals surface area contributed by atoms with Crippen molar-refractivity contribution in [2.45, 2.75) is 25.2 Å². The zero-order valence-electron chi connectivity index (χ0n) is 19.3. The van der Waals surface area contributed by atoms with Gasteiger partial charge in [-0.25, -0.2) is 0 Å². The summed E-state index contributed by atoms with van der Waals surface area (Å²) in [6.07, 6.45) is 4.65. The molecule has 0 aliphatic rings. The van der Waals surface area contributed by atoms with E-state index in [0.717, 1.165) is 17.3 Å². The quantitative estimate of drug-likeness (QED) is 0.124. The fraction of sp³-hybridized carbons (Fsp3) is 0.167. The second kappa shape index (κ2) is 12.7. The molecule has 2 aromatic carbocycles. The first-order valence-electron chi connectivity index (χ1n) is 10.7. The van der Waals surface area contributed by atoms with E-state index in [1.807, 2.05) is 6.07 Å². The van der Waals surface area contributed by atoms with Gasteiger partial charge in [-0.15, -0.1) is 16.8 Å². The van der Waals surface area contributed by atoms with E-state index in [1.165, 1.54) is 12.1 Å². The molecule has 0 spiro atoms. The smallest absolute Gasteiger partial charge is 0.274 e. The predicted octanol–water partition coefficient (Wildman–Crippen LogP) is 4.39. The fourth-order valence-electron chi connectivity index (χ4n) is 3.08. The average Bonchev–Trinajstić information content (AvgIpc) is 3.23. The number of aryl methyl sites for hydroxylation is 1. The van der Waals surface area contributed by atoms with Gasteiger partial charge in [0.25, 0.3) is 5.69 Å². The largest absolute Gasteiger partial charge is 0.345 e. The maximum Gasteiger partial charge on any atom is 0.274 e. The Balaban J connectivity index is 1.59. The number of thioether (sulfide) groups is 1. The van der Waals surface area contributed by atoms with Crippen molar-refractivity contribution in [3.8, 4) is 0 Å². The zero-order chi connectivity index (χ0) is 26.1. The Morgan fingerprint density at radius 3 is 2.75 bits per heavy atom. The number of amides is 2. The highest BCUT2D eigenvalue weighted by atomic mass is 35.5. The molecule has 1 aromatic heterocycles. The highest BCUT2D eigenvalue weighted by Gasteiger charge is 2.16. The summed E-state index contributed by atoms with van der Waals surface area (Å²) in [6.45, 7) is 5.85. The molecule has 0 aliphatic heterocycles. The van der Waals surface area contributed by atoms with Crippen LogP contribution < -0.4 is 10.6 Å². The van der Waals surface area contributed by atoms with Crippen LogP contribution in [0.5, 0.6) is 0 Å². The van der Waals surface area contributed by atoms with Crippen LogP contribution in [0.1, 0.15) is 17.0 Å². The minimum absolute atomic E-state index is 0.00385. The summed E-state index contributed by atoms with van der Waals surface area (Å²) in [5, 5.41) is 25.8. The lowest BCUT2D eigenvalue weighted by molar-refractivity contribution is -0.385. The van der Waals surface area contributed by atoms with Gasteiger partial charge >= 0.3 is 0 Å². The van der Waals surface area contributed by atoms with Gasteiger partial charge in [-0.05, 0) is 30.7 Å². The molecule has 3 aromatic rings. The first-order chi connectivity index (χ1) is 17.3. The molecule has 0 radical (unpaired) electrons. The van der Waals surface area contributed by atoms with E-state index in [-0.39, 0.29) is 29.8 Å². The van der Waals surface area contributed by atoms with Crippen molar-refractivity contribution in [3.63, 3.8) is 0 Å². The molecule has 2 amide bonds. The van der Waals surface area contributed by atoms with Crippen molar-refractivity contribution >= 4 is 52.6 Å². The highest BCUT2D eigenvalue weighted by Crippen LogP contribution is 2.23. The first kappa shape index (κ1) is 26.6. The van der Waals surface area contributed by atoms with Crippen molar-refractivity contribution in [1.29, 1.82) is 0 Å². The number of nitro groups is 1. The van der Waals surface area contributed by atoms with Crippen LogP contribution in [-0.4, -0.2) is 37.3 Å². The third kappa shape index (κ3) is 7.27. The molecule has 0 atom stereocenters. The van der Waals surface area contributed by atoms with Crippen molar-refractivity contribution in [2.75, 3.05) is 11.1 Å². The Labute approximate surface area is 216 Å². The Kier molecular flexibility index (Phi) is 9.37. The van der Waals surface area contributed by atoms with Crippen LogP contribution in [0.25, 0.3) is 6.08 Å². The van der Waals surface area contributed by atoms with E-state index in [9.17, 15) is 19.7 Å². The van der Waals surface area contributed by atoms with E-state index >= 15 is 0 Å². The van der Waals surface area contributed by atoms with E-state index in [4.69, 9.17) is 11.6 Å². The summed E-state index contributed by atoms with van der Waals surface area (Å²) >= 11 is 7.24. The summed E-state index contributed by atoms with van der Waals surface area (Å²) in [5.41, 5.74) is 1.49. The lowest BCUT2D eigenvalue weighted by Gasteiger charge is -2.09. The Morgan fingerprint density at radius 2 is 2.03 bits per heavy atom. The summed E-state index contributed by atoms with van der Waals surface area (Å²) in [7, 11) is 0. The number of halogens is 1. The molecule has 2 N–H and O–H groups in total. The fourth-order valence-corrected chi connectivity index (χ4v) is 4.05. The summed E-state index contributed by atoms with van der Waals surface area (Å²) < 4.78 is 1.74. The molecular formula is C24H23ClN6O4S. The standard InChI is InChI=1S/C24H23ClN6O4S/c1-3-12-30-21(14-26-22(32)11-9-17-6-4-5-7-19(17)25)28-29-24(30)36-15-23(33)27-18-10-8-16(2)20(13-18)31(34)35/h3-11,13H,1,12,14-15H2,2H3,(H,26,32)(H,27,33)/b11-9+. The van der Waals surface area contributed by atoms with Crippen LogP contribution >= 0.6 is 23.4 Å². The summed E-state index contributed by atoms with van der Waals surface area (Å²) in [5.74, 6) is -0.190. The van der Waals surface area contributed by atoms with Crippen molar-refractivity contribution in [2.24, 2.45) is 0 Å². The summed E-state index contributed by atoms with van der Waals surface area (Å²) in [6, 6.07) is 11.7. The summed E-state index contributed by atoms with van der Waals surface area (Å²) in [4.78, 5) is 35.3. The number of carbonyl (C=O) groups excluding carboxylic acids is 2. The molecule has 10 nitrogen and oxygen atoms in total. The van der Waals surface area contributed by atoms with Gasteiger partial charge in [-0.1, -0.05) is 53.7 Å². The molecule has 0 saturated carbocycles. The zero-order valence-corrected chi connectivity index (χ0v) is 20.9. The Morgan fingerprint density at radius 1 is 1.25 bits per heavy atom. The van der Waals surface area contributed by atoms with Crippen LogP contribution in [-0.2, 0) is 22.7 Å². The van der Waals surface area contributed by atoms with Gasteiger partial charge in [0.15, 0.2) is 11.0 Å². The van der Waals surface area contributed by atoms with Crippen molar-refractivity contribution in [3.05, 3.63) is 93.3 Å². The number of aromatic nitrogens is 3. The van der Waals surface area contributed by atoms with Gasteiger partial charge in [0, 0.05) is 35.0 Å². The molecule has 0 aliphatic carbocycles. The molecule has 12 heteroatoms. The second-order valence-corrected chi connectivity index (χ2v) is 8.82. The number of hydrogen-bond donors (Lipinski definition) is 2. The lowest BCUT2D eigenvalue weighted by Crippen LogP contribution is -2.23. The van der Waals surface area contributed by atoms with Crippen LogP contribution in [0, 0.1) is 17.0 Å². The van der Waals surface area contributed by atoms with Gasteiger partial charge < -0.3 is 15.2 Å². The maximum atomic E-state index is 12.4. The monoisotopic (exact) mass is 526 g/mol. The van der Waals surface area contributed by atoms with Crippen molar-refractivity contribution < 1.29 is 14.5 Å². The molecule has 0 fully saturated rings. The SMILES string of the molecule is C=CCn1c(CNC(=O)/C=C/c2ccccc2Cl)nnc1SCC(=O)Nc1ccc(C)c([N+](=O)[O-])c1. The molecule has 1 heterocycles. The van der Waals surface area contributed by atoms with Crippen LogP contribution in [0.3, 0.4) is 0 Å². The molecule has 186 valence electrons. The van der Waals surface area contributed by atoms with E-state index < -0.39 is 4.92 Å². The number of hydrogen-bond acceptors (Lipinski definition) is 7. The number of rotatable bonds is 11. The second-order valence-electron chi connectivity index (χ2n) is 7.47. The molecule has 0 bridgehead atoms. The Bertz CT molecular complexity index is 1320. The van der Waals surface area contributed by atoms with Crippen LogP contribution in [0.2, 0.25) is 5.02 Å². The lowest BCUT2D eigenvalue weighted by atomic mass is 10.2. The molecular weight excluding hydrogens is 504 g/mol. The van der Waals surface area contributed by atoms with Gasteiger partial charge in [0.1, 0.15) is 0 Å². The van der Waals surface area contributed by atoms with Gasteiger partial charge in [-0.2, -0.15) is 0 Å². The van der Waals surface area contributed by atoms with E-state index in [2.05, 4.69) is 27.4 Å². The van der Waals surface area contributed by atoms with Gasteiger partial charge in [0.05, 0.1) is 17.2 Å². The molecule has 0 saturated heterocycles. The number of anilines is 1. The third-order valence-electron chi connectivity index (χ3n) is 4.87. The molecule has 3 rings (SSSR count). The first-order valence-corrected chi connectivity index (χ1v) is 12.1. The van der Waals surface area contributed by atoms with Crippen LogP contribution in [0.15, 0.2) is 66.4 Å². The minimum Gasteiger partial charge on any atom is -0.345 e. The topological polar surface area (TPSA) is 132 Å². The van der Waals surface area contributed by atoms with Crippen LogP contribution in [0.4, 0.5) is 11.4 Å². The number of carbonyl (C=O) groups is 2. The van der Waals surface area contributed by atoms with Gasteiger partial charge in [-0.3, -0.25) is 19.7 Å². The number of benzene rings is 2. The Hall–Kier alpha value is -3.96. The van der Waals surface area contributed by atoms with E-state index in [1.54, 1.807) is 54.0 Å². The van der Waals surface area contributed by atoms with Crippen molar-refractivity contribution in [1.82, 2.24) is 20.1 Å². The number of nitrogens with one attached hydrogen (secondary N) is 2. The van der Waals surface area contributed by atoms with E-state index in [0.29, 0.717) is 33.8 Å². The number of allylic oxidation sites excluding steroid dienone is 1. The number of nitrogens with zero attached hydrogens (tertiary/aromatic N) is 4. The minimum atomic E-state index is -0.496. The predicted molar refractivity (Wildman–Crippen MR) is 140 cm³/mol. The highest BCUT2D eigenvalue weighted by molar-refractivity contribution is 7.99. The maximum absolute atomic E-state index is 12.4. The molecule has 0 unspecified atom stereocenters.